The molecule has 0 aliphatic heterocycles. The molecule has 0 fully saturated rings. The molecule has 2 amide bonds. The molecule has 0 aliphatic rings. The Balaban J connectivity index is 1.46. The molecule has 4 aromatic rings. The first-order chi connectivity index (χ1) is 17.1. The first kappa shape index (κ1) is 23.8. The van der Waals surface area contributed by atoms with Crippen molar-refractivity contribution in [3.8, 4) is 16.9 Å². The van der Waals surface area contributed by atoms with Gasteiger partial charge in [-0.1, -0.05) is 84.9 Å². The molecule has 35 heavy (non-hydrogen) atoms. The summed E-state index contributed by atoms with van der Waals surface area (Å²) in [5, 5.41) is 6.02. The van der Waals surface area contributed by atoms with Gasteiger partial charge in [-0.2, -0.15) is 0 Å². The van der Waals surface area contributed by atoms with E-state index in [0.717, 1.165) is 33.6 Å². The van der Waals surface area contributed by atoms with E-state index in [-0.39, 0.29) is 18.2 Å². The first-order valence-corrected chi connectivity index (χ1v) is 11.5. The number of nitrogens with one attached hydrogen (secondary N) is 2. The van der Waals surface area contributed by atoms with Gasteiger partial charge in [-0.25, -0.2) is 0 Å². The van der Waals surface area contributed by atoms with Crippen LogP contribution in [0.3, 0.4) is 0 Å². The summed E-state index contributed by atoms with van der Waals surface area (Å²) in [6, 6.07) is 32.7. The van der Waals surface area contributed by atoms with Crippen LogP contribution in [0.5, 0.6) is 5.75 Å². The van der Waals surface area contributed by atoms with Crippen molar-refractivity contribution in [2.45, 2.75) is 19.5 Å². The Bertz CT molecular complexity index is 1280. The maximum atomic E-state index is 13.0. The molecule has 0 spiro atoms. The Labute approximate surface area is 205 Å². The van der Waals surface area contributed by atoms with Gasteiger partial charge >= 0.3 is 0 Å². The van der Waals surface area contributed by atoms with Gasteiger partial charge in [-0.15, -0.1) is 0 Å². The zero-order chi connectivity index (χ0) is 24.5. The van der Waals surface area contributed by atoms with Gasteiger partial charge in [-0.05, 0) is 46.0 Å². The van der Waals surface area contributed by atoms with Crippen LogP contribution in [0.2, 0.25) is 0 Å². The van der Waals surface area contributed by atoms with Gasteiger partial charge in [0.25, 0.3) is 5.91 Å². The van der Waals surface area contributed by atoms with E-state index in [1.54, 1.807) is 7.11 Å². The first-order valence-electron chi connectivity index (χ1n) is 11.5. The number of rotatable bonds is 9. The van der Waals surface area contributed by atoms with Gasteiger partial charge in [0.05, 0.1) is 13.5 Å². The van der Waals surface area contributed by atoms with Gasteiger partial charge in [0.15, 0.2) is 0 Å². The van der Waals surface area contributed by atoms with Crippen LogP contribution in [0.1, 0.15) is 27.0 Å². The van der Waals surface area contributed by atoms with E-state index in [4.69, 9.17) is 4.74 Å². The Kier molecular flexibility index (Phi) is 7.92. The molecule has 0 aliphatic carbocycles. The maximum absolute atomic E-state index is 13.0. The molecule has 4 rings (SSSR count). The molecule has 0 bridgehead atoms. The highest BCUT2D eigenvalue weighted by Gasteiger charge is 2.15. The van der Waals surface area contributed by atoms with Crippen molar-refractivity contribution in [1.82, 2.24) is 10.6 Å². The van der Waals surface area contributed by atoms with Crippen LogP contribution in [0.15, 0.2) is 103 Å². The smallest absolute Gasteiger partial charge is 0.252 e. The number of hydrogen-bond donors (Lipinski definition) is 2. The summed E-state index contributed by atoms with van der Waals surface area (Å²) in [6.45, 7) is 0.822. The Morgan fingerprint density at radius 1 is 0.657 bits per heavy atom. The third kappa shape index (κ3) is 6.36. The average Bonchev–Trinajstić information content (AvgIpc) is 2.92. The SMILES string of the molecule is COc1ccc(CC(=O)NCc2ccccc2-c2ccccc2C(=O)NCc2ccccc2)cc1. The summed E-state index contributed by atoms with van der Waals surface area (Å²) >= 11 is 0. The average molecular weight is 465 g/mol. The minimum Gasteiger partial charge on any atom is -0.497 e. The number of amides is 2. The topological polar surface area (TPSA) is 67.4 Å². The minimum atomic E-state index is -0.136. The van der Waals surface area contributed by atoms with Crippen LogP contribution in [0.4, 0.5) is 0 Å². The molecular weight excluding hydrogens is 436 g/mol. The Morgan fingerprint density at radius 2 is 1.31 bits per heavy atom. The molecule has 0 atom stereocenters. The van der Waals surface area contributed by atoms with E-state index in [1.165, 1.54) is 0 Å². The molecule has 4 aromatic carbocycles. The lowest BCUT2D eigenvalue weighted by Gasteiger charge is -2.15. The summed E-state index contributed by atoms with van der Waals surface area (Å²) < 4.78 is 5.17. The van der Waals surface area contributed by atoms with E-state index < -0.39 is 0 Å². The molecule has 0 saturated carbocycles. The maximum Gasteiger partial charge on any atom is 0.252 e. The monoisotopic (exact) mass is 464 g/mol. The van der Waals surface area contributed by atoms with Crippen LogP contribution >= 0.6 is 0 Å². The lowest BCUT2D eigenvalue weighted by Crippen LogP contribution is -2.25. The van der Waals surface area contributed by atoms with Crippen LogP contribution in [0.25, 0.3) is 11.1 Å². The van der Waals surface area contributed by atoms with Crippen LogP contribution < -0.4 is 15.4 Å². The predicted octanol–water partition coefficient (Wildman–Crippen LogP) is 5.15. The van der Waals surface area contributed by atoms with Crippen molar-refractivity contribution in [3.05, 3.63) is 125 Å². The summed E-state index contributed by atoms with van der Waals surface area (Å²) in [5.41, 5.74) is 5.25. The number of benzene rings is 4. The molecule has 5 nitrogen and oxygen atoms in total. The zero-order valence-corrected chi connectivity index (χ0v) is 19.7. The Hall–Kier alpha value is -4.38. The van der Waals surface area contributed by atoms with E-state index in [0.29, 0.717) is 18.7 Å². The fourth-order valence-corrected chi connectivity index (χ4v) is 3.91. The zero-order valence-electron chi connectivity index (χ0n) is 19.7. The number of ether oxygens (including phenoxy) is 1. The van der Waals surface area contributed by atoms with Gasteiger partial charge in [0.2, 0.25) is 5.91 Å². The summed E-state index contributed by atoms with van der Waals surface area (Å²) in [6.07, 6.45) is 0.282. The van der Waals surface area contributed by atoms with E-state index in [2.05, 4.69) is 10.6 Å². The third-order valence-electron chi connectivity index (χ3n) is 5.77. The van der Waals surface area contributed by atoms with Gasteiger partial charge in [0, 0.05) is 18.7 Å². The molecule has 2 N–H and O–H groups in total. The molecular formula is C30H28N2O3. The highest BCUT2D eigenvalue weighted by molar-refractivity contribution is 6.01. The highest BCUT2D eigenvalue weighted by atomic mass is 16.5. The van der Waals surface area contributed by atoms with Crippen LogP contribution in [-0.2, 0) is 24.3 Å². The fourth-order valence-electron chi connectivity index (χ4n) is 3.91. The second-order valence-electron chi connectivity index (χ2n) is 8.17. The van der Waals surface area contributed by atoms with Gasteiger partial charge in [-0.3, -0.25) is 9.59 Å². The van der Waals surface area contributed by atoms with Crippen molar-refractivity contribution in [1.29, 1.82) is 0 Å². The summed E-state index contributed by atoms with van der Waals surface area (Å²) in [5.74, 6) is 0.552. The van der Waals surface area contributed by atoms with Crippen molar-refractivity contribution in [2.75, 3.05) is 7.11 Å². The summed E-state index contributed by atoms with van der Waals surface area (Å²) in [7, 11) is 1.62. The highest BCUT2D eigenvalue weighted by Crippen LogP contribution is 2.27. The van der Waals surface area contributed by atoms with Crippen molar-refractivity contribution in [3.63, 3.8) is 0 Å². The lowest BCUT2D eigenvalue weighted by molar-refractivity contribution is -0.120. The molecule has 0 aromatic heterocycles. The van der Waals surface area contributed by atoms with E-state index in [1.807, 2.05) is 103 Å². The Morgan fingerprint density at radius 3 is 2.06 bits per heavy atom. The molecule has 5 heteroatoms. The molecule has 0 saturated heterocycles. The van der Waals surface area contributed by atoms with Crippen molar-refractivity contribution in [2.24, 2.45) is 0 Å². The number of carbonyl (C=O) groups excluding carboxylic acids is 2. The normalized spacial score (nSPS) is 10.4. The molecule has 0 heterocycles. The number of hydrogen-bond acceptors (Lipinski definition) is 3. The quantitative estimate of drug-likeness (QED) is 0.360. The van der Waals surface area contributed by atoms with E-state index in [9.17, 15) is 9.59 Å². The van der Waals surface area contributed by atoms with Gasteiger partial charge in [0.1, 0.15) is 5.75 Å². The minimum absolute atomic E-state index is 0.0705. The molecule has 0 unspecified atom stereocenters. The fraction of sp³-hybridized carbons (Fsp3) is 0.133. The lowest BCUT2D eigenvalue weighted by atomic mass is 9.94. The standard InChI is InChI=1S/C30H28N2O3/c1-35-25-17-15-22(16-18-25)19-29(33)31-21-24-11-5-6-12-26(24)27-13-7-8-14-28(27)30(34)32-20-23-9-3-2-4-10-23/h2-18H,19-21H2,1H3,(H,31,33)(H,32,34). The van der Waals surface area contributed by atoms with Crippen LogP contribution in [0, 0.1) is 0 Å². The van der Waals surface area contributed by atoms with Crippen molar-refractivity contribution < 1.29 is 14.3 Å². The van der Waals surface area contributed by atoms with Gasteiger partial charge < -0.3 is 15.4 Å². The second-order valence-corrected chi connectivity index (χ2v) is 8.17. The van der Waals surface area contributed by atoms with Crippen LogP contribution in [-0.4, -0.2) is 18.9 Å². The largest absolute Gasteiger partial charge is 0.497 e. The number of carbonyl (C=O) groups is 2. The molecule has 0 radical (unpaired) electrons. The third-order valence-corrected chi connectivity index (χ3v) is 5.77. The number of methoxy groups -OCH3 is 1. The second kappa shape index (κ2) is 11.7. The van der Waals surface area contributed by atoms with E-state index >= 15 is 0 Å². The molecule has 176 valence electrons. The summed E-state index contributed by atoms with van der Waals surface area (Å²) in [4.78, 5) is 25.6. The van der Waals surface area contributed by atoms with Crippen molar-refractivity contribution >= 4 is 11.8 Å². The predicted molar refractivity (Wildman–Crippen MR) is 138 cm³/mol.